The van der Waals surface area contributed by atoms with Crippen LogP contribution in [-0.2, 0) is 0 Å². The van der Waals surface area contributed by atoms with Crippen molar-refractivity contribution in [2.45, 2.75) is 47.8 Å². The molecule has 4 heterocycles. The second kappa shape index (κ2) is 12.9. The molecule has 0 atom stereocenters. The highest BCUT2D eigenvalue weighted by atomic mass is 33.1. The zero-order chi connectivity index (χ0) is 22.8. The third kappa shape index (κ3) is 8.16. The van der Waals surface area contributed by atoms with Crippen molar-refractivity contribution in [2.24, 2.45) is 0 Å². The Labute approximate surface area is 205 Å². The SMILES string of the molecule is Cc1cnc(SSc2ncc(C)cc2C)c(C)c1.c1ccc(SSc2ccccn2)nc1. The van der Waals surface area contributed by atoms with Gasteiger partial charge in [0.1, 0.15) is 20.1 Å². The average molecular weight is 497 g/mol. The van der Waals surface area contributed by atoms with Crippen molar-refractivity contribution >= 4 is 43.2 Å². The van der Waals surface area contributed by atoms with Crippen molar-refractivity contribution in [1.29, 1.82) is 0 Å². The standard InChI is InChI=1S/C14H16N2S2.C10H8N2S2/c1-9-5-11(3)13(15-7-9)17-18-14-12(4)6-10(2)8-16-14;1-3-7-11-9(5-1)13-14-10-6-2-4-8-12-10/h5-8H,1-4H3;1-8H. The molecule has 0 fully saturated rings. The van der Waals surface area contributed by atoms with Crippen LogP contribution in [0.15, 0.2) is 93.4 Å². The van der Waals surface area contributed by atoms with Crippen LogP contribution < -0.4 is 0 Å². The van der Waals surface area contributed by atoms with Crippen LogP contribution >= 0.6 is 43.2 Å². The van der Waals surface area contributed by atoms with E-state index in [1.807, 2.05) is 48.8 Å². The number of nitrogens with zero attached hydrogens (tertiary/aromatic N) is 4. The van der Waals surface area contributed by atoms with Gasteiger partial charge in [0.15, 0.2) is 0 Å². The number of aryl methyl sites for hydroxylation is 4. The number of pyridine rings is 4. The van der Waals surface area contributed by atoms with E-state index < -0.39 is 0 Å². The quantitative estimate of drug-likeness (QED) is 0.251. The fraction of sp³-hybridized carbons (Fsp3) is 0.167. The van der Waals surface area contributed by atoms with E-state index in [0.29, 0.717) is 0 Å². The summed E-state index contributed by atoms with van der Waals surface area (Å²) in [6.45, 7) is 8.32. The summed E-state index contributed by atoms with van der Waals surface area (Å²) < 4.78 is 0. The summed E-state index contributed by atoms with van der Waals surface area (Å²) in [5.74, 6) is 0. The Morgan fingerprint density at radius 1 is 0.531 bits per heavy atom. The molecule has 0 aliphatic rings. The Morgan fingerprint density at radius 3 is 1.31 bits per heavy atom. The van der Waals surface area contributed by atoms with Crippen LogP contribution in [0, 0.1) is 27.7 Å². The second-order valence-electron chi connectivity index (χ2n) is 6.94. The molecule has 0 bridgehead atoms. The average Bonchev–Trinajstić information content (AvgIpc) is 2.80. The Balaban J connectivity index is 0.000000186. The monoisotopic (exact) mass is 496 g/mol. The molecule has 4 aromatic rings. The van der Waals surface area contributed by atoms with Gasteiger partial charge in [0, 0.05) is 24.8 Å². The molecule has 8 heteroatoms. The molecule has 4 aromatic heterocycles. The van der Waals surface area contributed by atoms with Gasteiger partial charge in [-0.05, 0) is 117 Å². The third-order valence-corrected chi connectivity index (χ3v) is 8.65. The Bertz CT molecular complexity index is 1030. The lowest BCUT2D eigenvalue weighted by molar-refractivity contribution is 1.06. The second-order valence-corrected chi connectivity index (χ2v) is 11.2. The fourth-order valence-corrected chi connectivity index (χ4v) is 6.54. The third-order valence-electron chi connectivity index (χ3n) is 4.02. The van der Waals surface area contributed by atoms with Crippen molar-refractivity contribution in [3.05, 3.63) is 95.6 Å². The minimum Gasteiger partial charge on any atom is -0.249 e. The van der Waals surface area contributed by atoms with Gasteiger partial charge < -0.3 is 0 Å². The first-order valence-corrected chi connectivity index (χ1v) is 14.2. The molecule has 4 rings (SSSR count). The first kappa shape index (κ1) is 24.6. The predicted molar refractivity (Wildman–Crippen MR) is 139 cm³/mol. The maximum absolute atomic E-state index is 4.45. The van der Waals surface area contributed by atoms with Crippen LogP contribution in [0.3, 0.4) is 0 Å². The first-order valence-electron chi connectivity index (χ1n) is 9.89. The van der Waals surface area contributed by atoms with Crippen LogP contribution in [0.5, 0.6) is 0 Å². The minimum atomic E-state index is 1.00. The lowest BCUT2D eigenvalue weighted by Crippen LogP contribution is -1.88. The molecular weight excluding hydrogens is 473 g/mol. The molecular formula is C24H24N4S4. The molecule has 0 N–H and O–H groups in total. The van der Waals surface area contributed by atoms with Gasteiger partial charge in [-0.1, -0.05) is 24.3 Å². The van der Waals surface area contributed by atoms with Crippen LogP contribution in [0.2, 0.25) is 0 Å². The highest BCUT2D eigenvalue weighted by Gasteiger charge is 2.06. The summed E-state index contributed by atoms with van der Waals surface area (Å²) >= 11 is 0. The highest BCUT2D eigenvalue weighted by molar-refractivity contribution is 8.77. The number of aromatic nitrogens is 4. The van der Waals surface area contributed by atoms with E-state index in [1.54, 1.807) is 55.6 Å². The van der Waals surface area contributed by atoms with Gasteiger partial charge in [0.25, 0.3) is 0 Å². The van der Waals surface area contributed by atoms with E-state index in [0.717, 1.165) is 20.1 Å². The smallest absolute Gasteiger partial charge is 0.110 e. The van der Waals surface area contributed by atoms with Gasteiger partial charge in [-0.3, -0.25) is 0 Å². The van der Waals surface area contributed by atoms with Crippen molar-refractivity contribution < 1.29 is 0 Å². The summed E-state index contributed by atoms with van der Waals surface area (Å²) in [7, 11) is 6.58. The molecule has 32 heavy (non-hydrogen) atoms. The Hall–Kier alpha value is -2.00. The van der Waals surface area contributed by atoms with Crippen LogP contribution in [0.25, 0.3) is 0 Å². The molecule has 0 saturated carbocycles. The van der Waals surface area contributed by atoms with Gasteiger partial charge in [-0.2, -0.15) is 0 Å². The molecule has 0 amide bonds. The van der Waals surface area contributed by atoms with E-state index in [2.05, 4.69) is 59.8 Å². The maximum atomic E-state index is 4.45. The molecule has 0 radical (unpaired) electrons. The summed E-state index contributed by atoms with van der Waals surface area (Å²) in [5.41, 5.74) is 4.84. The molecule has 0 spiro atoms. The topological polar surface area (TPSA) is 51.6 Å². The lowest BCUT2D eigenvalue weighted by Gasteiger charge is -2.06. The largest absolute Gasteiger partial charge is 0.249 e. The van der Waals surface area contributed by atoms with Gasteiger partial charge in [0.05, 0.1) is 0 Å². The van der Waals surface area contributed by atoms with Crippen molar-refractivity contribution in [2.75, 3.05) is 0 Å². The van der Waals surface area contributed by atoms with Crippen LogP contribution in [0.4, 0.5) is 0 Å². The molecule has 0 aliphatic heterocycles. The summed E-state index contributed by atoms with van der Waals surface area (Å²) in [5, 5.41) is 4.13. The van der Waals surface area contributed by atoms with Gasteiger partial charge in [-0.15, -0.1) is 0 Å². The Kier molecular flexibility index (Phi) is 9.92. The molecule has 0 aliphatic carbocycles. The summed E-state index contributed by atoms with van der Waals surface area (Å²) in [6.07, 6.45) is 7.40. The van der Waals surface area contributed by atoms with E-state index in [1.165, 1.54) is 22.3 Å². The number of hydrogen-bond donors (Lipinski definition) is 0. The molecule has 164 valence electrons. The zero-order valence-electron chi connectivity index (χ0n) is 18.4. The van der Waals surface area contributed by atoms with Crippen molar-refractivity contribution in [3.63, 3.8) is 0 Å². The van der Waals surface area contributed by atoms with Gasteiger partial charge in [0.2, 0.25) is 0 Å². The van der Waals surface area contributed by atoms with E-state index >= 15 is 0 Å². The number of rotatable bonds is 6. The maximum Gasteiger partial charge on any atom is 0.110 e. The molecule has 0 saturated heterocycles. The first-order chi connectivity index (χ1) is 15.5. The van der Waals surface area contributed by atoms with Gasteiger partial charge in [-0.25, -0.2) is 19.9 Å². The van der Waals surface area contributed by atoms with Crippen molar-refractivity contribution in [3.8, 4) is 0 Å². The van der Waals surface area contributed by atoms with E-state index in [-0.39, 0.29) is 0 Å². The molecule has 4 nitrogen and oxygen atoms in total. The summed E-state index contributed by atoms with van der Waals surface area (Å²) in [6, 6.07) is 16.1. The van der Waals surface area contributed by atoms with Crippen LogP contribution in [0.1, 0.15) is 22.3 Å². The van der Waals surface area contributed by atoms with Crippen LogP contribution in [-0.4, -0.2) is 19.9 Å². The fourth-order valence-electron chi connectivity index (χ4n) is 2.54. The normalized spacial score (nSPS) is 10.4. The number of hydrogen-bond acceptors (Lipinski definition) is 8. The lowest BCUT2D eigenvalue weighted by atomic mass is 10.2. The highest BCUT2D eigenvalue weighted by Crippen LogP contribution is 2.38. The van der Waals surface area contributed by atoms with E-state index in [4.69, 9.17) is 0 Å². The minimum absolute atomic E-state index is 1.00. The molecule has 0 aromatic carbocycles. The zero-order valence-corrected chi connectivity index (χ0v) is 21.6. The molecule has 0 unspecified atom stereocenters. The predicted octanol–water partition coefficient (Wildman–Crippen LogP) is 7.79. The van der Waals surface area contributed by atoms with Crippen molar-refractivity contribution in [1.82, 2.24) is 19.9 Å². The summed E-state index contributed by atoms with van der Waals surface area (Å²) in [4.78, 5) is 17.3. The van der Waals surface area contributed by atoms with Gasteiger partial charge >= 0.3 is 0 Å². The van der Waals surface area contributed by atoms with E-state index in [9.17, 15) is 0 Å². The Morgan fingerprint density at radius 2 is 0.969 bits per heavy atom.